The van der Waals surface area contributed by atoms with E-state index >= 15 is 0 Å². The Balaban J connectivity index is 0.00000242. The maximum Gasteiger partial charge on any atom is 0.244 e. The van der Waals surface area contributed by atoms with Crippen LogP contribution in [0.15, 0.2) is 28.7 Å². The number of hydrogen-bond acceptors (Lipinski definition) is 3. The predicted octanol–water partition coefficient (Wildman–Crippen LogP) is 3.84. The molecule has 1 aromatic rings. The molecule has 124 valence electrons. The molecule has 22 heavy (non-hydrogen) atoms. The molecule has 2 rings (SSSR count). The van der Waals surface area contributed by atoms with Crippen molar-refractivity contribution in [1.82, 2.24) is 5.32 Å². The molecule has 1 fully saturated rings. The maximum atomic E-state index is 12.6. The number of nitrogens with one attached hydrogen (secondary N) is 1. The monoisotopic (exact) mass is 406 g/mol. The third-order valence-corrected chi connectivity index (χ3v) is 5.92. The van der Waals surface area contributed by atoms with Gasteiger partial charge < -0.3 is 11.1 Å². The lowest BCUT2D eigenvalue weighted by Crippen LogP contribution is -2.53. The second-order valence-corrected chi connectivity index (χ2v) is 8.15. The predicted molar refractivity (Wildman–Crippen MR) is 101 cm³/mol. The summed E-state index contributed by atoms with van der Waals surface area (Å²) in [5.74, 6) is 1.00. The second kappa shape index (κ2) is 8.57. The molecule has 3 atom stereocenters. The maximum absolute atomic E-state index is 12.6. The molecule has 3 unspecified atom stereocenters. The summed E-state index contributed by atoms with van der Waals surface area (Å²) >= 11 is 5.34. The highest BCUT2D eigenvalue weighted by Gasteiger charge is 2.35. The summed E-state index contributed by atoms with van der Waals surface area (Å²) in [4.78, 5) is 12.6. The van der Waals surface area contributed by atoms with Crippen molar-refractivity contribution < 1.29 is 4.79 Å². The van der Waals surface area contributed by atoms with E-state index in [9.17, 15) is 4.79 Å². The van der Waals surface area contributed by atoms with E-state index in [1.165, 1.54) is 12.8 Å². The first kappa shape index (κ1) is 19.8. The molecule has 0 aromatic heterocycles. The summed E-state index contributed by atoms with van der Waals surface area (Å²) in [6.45, 7) is 3.94. The van der Waals surface area contributed by atoms with E-state index in [0.717, 1.165) is 22.2 Å². The Morgan fingerprint density at radius 3 is 2.64 bits per heavy atom. The summed E-state index contributed by atoms with van der Waals surface area (Å²) < 4.78 is 0.984. The van der Waals surface area contributed by atoms with Gasteiger partial charge in [0.2, 0.25) is 5.91 Å². The molecule has 0 bridgehead atoms. The van der Waals surface area contributed by atoms with Crippen molar-refractivity contribution in [2.24, 2.45) is 5.73 Å². The molecule has 1 saturated carbocycles. The quantitative estimate of drug-likeness (QED) is 0.780. The summed E-state index contributed by atoms with van der Waals surface area (Å²) in [6.07, 6.45) is 3.42. The van der Waals surface area contributed by atoms with E-state index in [1.807, 2.05) is 36.0 Å². The van der Waals surface area contributed by atoms with E-state index in [1.54, 1.807) is 6.92 Å². The van der Waals surface area contributed by atoms with E-state index in [2.05, 4.69) is 28.2 Å². The molecule has 0 spiro atoms. The zero-order chi connectivity index (χ0) is 15.5. The Labute approximate surface area is 151 Å². The third-order valence-electron chi connectivity index (χ3n) is 4.07. The Kier molecular flexibility index (Phi) is 7.72. The lowest BCUT2D eigenvalue weighted by molar-refractivity contribution is -0.126. The van der Waals surface area contributed by atoms with E-state index in [0.29, 0.717) is 5.25 Å². The van der Waals surface area contributed by atoms with Crippen LogP contribution in [-0.2, 0) is 10.3 Å². The van der Waals surface area contributed by atoms with Gasteiger partial charge in [-0.25, -0.2) is 0 Å². The zero-order valence-electron chi connectivity index (χ0n) is 13.0. The first-order valence-electron chi connectivity index (χ1n) is 7.42. The van der Waals surface area contributed by atoms with Gasteiger partial charge in [0, 0.05) is 15.8 Å². The van der Waals surface area contributed by atoms with Crippen LogP contribution < -0.4 is 11.1 Å². The van der Waals surface area contributed by atoms with Crippen LogP contribution in [0.25, 0.3) is 0 Å². The van der Waals surface area contributed by atoms with Gasteiger partial charge in [-0.05, 0) is 43.2 Å². The average Bonchev–Trinajstić information content (AvgIpc) is 2.87. The first-order chi connectivity index (χ1) is 9.95. The molecule has 0 saturated heterocycles. The number of carbonyl (C=O) groups excluding carboxylic acids is 1. The fourth-order valence-corrected chi connectivity index (χ4v) is 4.21. The van der Waals surface area contributed by atoms with Crippen molar-refractivity contribution >= 4 is 46.0 Å². The minimum absolute atomic E-state index is 0. The fraction of sp³-hybridized carbons (Fsp3) is 0.562. The number of carbonyl (C=O) groups is 1. The number of benzene rings is 1. The molecule has 0 heterocycles. The number of hydrogen-bond donors (Lipinski definition) is 2. The van der Waals surface area contributed by atoms with E-state index in [4.69, 9.17) is 5.73 Å². The normalized spacial score (nSPS) is 23.5. The second-order valence-electron chi connectivity index (χ2n) is 5.71. The number of nitrogens with two attached hydrogens (primary N) is 1. The minimum Gasteiger partial charge on any atom is -0.350 e. The van der Waals surface area contributed by atoms with Crippen LogP contribution in [0.2, 0.25) is 0 Å². The first-order valence-corrected chi connectivity index (χ1v) is 9.26. The van der Waals surface area contributed by atoms with Crippen LogP contribution >= 0.6 is 40.1 Å². The Morgan fingerprint density at radius 2 is 2.05 bits per heavy atom. The van der Waals surface area contributed by atoms with Crippen molar-refractivity contribution in [2.45, 2.75) is 49.9 Å². The lowest BCUT2D eigenvalue weighted by atomic mass is 9.92. The smallest absolute Gasteiger partial charge is 0.244 e. The standard InChI is InChI=1S/C16H23BrN2OS.ClH/c1-3-21-14-6-4-5-13(14)19-15(20)16(2,18)11-7-9-12(17)10-8-11;/h7-10,13-14H,3-6,18H2,1-2H3,(H,19,20);1H. The van der Waals surface area contributed by atoms with Crippen LogP contribution in [0.5, 0.6) is 0 Å². The van der Waals surface area contributed by atoms with Gasteiger partial charge in [0.1, 0.15) is 5.54 Å². The fourth-order valence-electron chi connectivity index (χ4n) is 2.75. The molecule has 0 aliphatic heterocycles. The van der Waals surface area contributed by atoms with Crippen LogP contribution in [0.3, 0.4) is 0 Å². The van der Waals surface area contributed by atoms with Gasteiger partial charge in [-0.1, -0.05) is 41.4 Å². The van der Waals surface area contributed by atoms with Gasteiger partial charge in [0.15, 0.2) is 0 Å². The number of thioether (sulfide) groups is 1. The SMILES string of the molecule is CCSC1CCCC1NC(=O)C(C)(N)c1ccc(Br)cc1.Cl. The van der Waals surface area contributed by atoms with E-state index in [-0.39, 0.29) is 24.4 Å². The van der Waals surface area contributed by atoms with Crippen LogP contribution in [-0.4, -0.2) is 23.0 Å². The van der Waals surface area contributed by atoms with Crippen molar-refractivity contribution in [3.63, 3.8) is 0 Å². The third kappa shape index (κ3) is 4.63. The molecule has 1 aromatic carbocycles. The molecular weight excluding hydrogens is 384 g/mol. The van der Waals surface area contributed by atoms with Gasteiger partial charge in [-0.15, -0.1) is 12.4 Å². The molecule has 3 N–H and O–H groups in total. The summed E-state index contributed by atoms with van der Waals surface area (Å²) in [5.41, 5.74) is 6.13. The van der Waals surface area contributed by atoms with Crippen LogP contribution in [0.1, 0.15) is 38.7 Å². The van der Waals surface area contributed by atoms with Crippen molar-refractivity contribution in [3.8, 4) is 0 Å². The molecule has 0 radical (unpaired) electrons. The Bertz CT molecular complexity index is 495. The number of rotatable bonds is 5. The van der Waals surface area contributed by atoms with Crippen molar-refractivity contribution in [3.05, 3.63) is 34.3 Å². The Hall–Kier alpha value is -0.230. The molecular formula is C16H24BrClN2OS. The van der Waals surface area contributed by atoms with Gasteiger partial charge in [0.25, 0.3) is 0 Å². The van der Waals surface area contributed by atoms with Gasteiger partial charge in [-0.3, -0.25) is 4.79 Å². The van der Waals surface area contributed by atoms with Crippen molar-refractivity contribution in [1.29, 1.82) is 0 Å². The minimum atomic E-state index is -0.995. The topological polar surface area (TPSA) is 55.1 Å². The highest BCUT2D eigenvalue weighted by molar-refractivity contribution is 9.10. The summed E-state index contributed by atoms with van der Waals surface area (Å²) in [6, 6.07) is 7.88. The van der Waals surface area contributed by atoms with Gasteiger partial charge in [-0.2, -0.15) is 11.8 Å². The molecule has 1 amide bonds. The summed E-state index contributed by atoms with van der Waals surface area (Å²) in [7, 11) is 0. The number of halogens is 2. The zero-order valence-corrected chi connectivity index (χ0v) is 16.2. The highest BCUT2D eigenvalue weighted by atomic mass is 79.9. The molecule has 3 nitrogen and oxygen atoms in total. The van der Waals surface area contributed by atoms with Crippen LogP contribution in [0, 0.1) is 0 Å². The average molecular weight is 408 g/mol. The lowest BCUT2D eigenvalue weighted by Gasteiger charge is -2.28. The molecule has 6 heteroatoms. The van der Waals surface area contributed by atoms with Gasteiger partial charge >= 0.3 is 0 Å². The van der Waals surface area contributed by atoms with Gasteiger partial charge in [0.05, 0.1) is 0 Å². The largest absolute Gasteiger partial charge is 0.350 e. The Morgan fingerprint density at radius 1 is 1.41 bits per heavy atom. The molecule has 1 aliphatic rings. The van der Waals surface area contributed by atoms with Crippen LogP contribution in [0.4, 0.5) is 0 Å². The van der Waals surface area contributed by atoms with E-state index < -0.39 is 5.54 Å². The summed E-state index contributed by atoms with van der Waals surface area (Å²) in [5, 5.41) is 3.70. The number of amides is 1. The highest BCUT2D eigenvalue weighted by Crippen LogP contribution is 2.30. The van der Waals surface area contributed by atoms with Crippen molar-refractivity contribution in [2.75, 3.05) is 5.75 Å². The molecule has 1 aliphatic carbocycles.